The maximum atomic E-state index is 12.8. The summed E-state index contributed by atoms with van der Waals surface area (Å²) in [6.45, 7) is 9.02. The fourth-order valence-electron chi connectivity index (χ4n) is 4.01. The molecule has 0 spiro atoms. The number of fused-ring (bicyclic) bond motifs is 1. The number of imidazole rings is 1. The standard InChI is InChI=1S/C25H31N3O2/c1-16-6-10-18(22(29)13-9-17-7-8-17)14-19(16)20-11-12-21-23(26-20)27(5)24(30)28(21)15-25(2,3)4/h6,10-12,14,17H,7-9,13,15H2,1-5H3. The third kappa shape index (κ3) is 4.11. The van der Waals surface area contributed by atoms with Crippen molar-refractivity contribution in [3.63, 3.8) is 0 Å². The molecule has 0 atom stereocenters. The molecule has 5 nitrogen and oxygen atoms in total. The fourth-order valence-corrected chi connectivity index (χ4v) is 4.01. The van der Waals surface area contributed by atoms with E-state index >= 15 is 0 Å². The Labute approximate surface area is 177 Å². The molecule has 1 saturated carbocycles. The molecule has 158 valence electrons. The smallest absolute Gasteiger partial charge is 0.294 e. The fraction of sp³-hybridized carbons (Fsp3) is 0.480. The normalized spacial score (nSPS) is 14.4. The summed E-state index contributed by atoms with van der Waals surface area (Å²) in [7, 11) is 1.77. The lowest BCUT2D eigenvalue weighted by atomic mass is 9.97. The number of aryl methyl sites for hydroxylation is 2. The molecule has 0 N–H and O–H groups in total. The number of rotatable bonds is 6. The van der Waals surface area contributed by atoms with E-state index in [2.05, 4.69) is 20.8 Å². The molecule has 2 aromatic heterocycles. The first-order valence-corrected chi connectivity index (χ1v) is 10.8. The van der Waals surface area contributed by atoms with Crippen molar-refractivity contribution < 1.29 is 4.79 Å². The maximum Gasteiger partial charge on any atom is 0.330 e. The van der Waals surface area contributed by atoms with Crippen LogP contribution >= 0.6 is 0 Å². The lowest BCUT2D eigenvalue weighted by Gasteiger charge is -2.18. The van der Waals surface area contributed by atoms with Crippen LogP contribution in [0.2, 0.25) is 0 Å². The van der Waals surface area contributed by atoms with Crippen molar-refractivity contribution in [2.24, 2.45) is 18.4 Å². The Kier molecular flexibility index (Phi) is 5.16. The largest absolute Gasteiger partial charge is 0.330 e. The minimum atomic E-state index is -0.0506. The summed E-state index contributed by atoms with van der Waals surface area (Å²) in [4.78, 5) is 30.3. The Hall–Kier alpha value is -2.69. The van der Waals surface area contributed by atoms with Gasteiger partial charge in [0.25, 0.3) is 0 Å². The third-order valence-electron chi connectivity index (χ3n) is 5.93. The first-order valence-electron chi connectivity index (χ1n) is 10.8. The molecule has 1 fully saturated rings. The Morgan fingerprint density at radius 3 is 2.57 bits per heavy atom. The van der Waals surface area contributed by atoms with Crippen LogP contribution in [-0.4, -0.2) is 19.9 Å². The second-order valence-electron chi connectivity index (χ2n) is 9.96. The van der Waals surface area contributed by atoms with E-state index in [0.29, 0.717) is 18.6 Å². The molecule has 4 rings (SSSR count). The first kappa shape index (κ1) is 20.6. The second-order valence-corrected chi connectivity index (χ2v) is 9.96. The maximum absolute atomic E-state index is 12.8. The van der Waals surface area contributed by atoms with Gasteiger partial charge >= 0.3 is 5.69 Å². The molecule has 0 aliphatic heterocycles. The number of nitrogens with zero attached hydrogens (tertiary/aromatic N) is 3. The average Bonchev–Trinajstić information content (AvgIpc) is 3.49. The van der Waals surface area contributed by atoms with Crippen LogP contribution in [0.5, 0.6) is 0 Å². The number of ketones is 1. The van der Waals surface area contributed by atoms with Gasteiger partial charge in [-0.1, -0.05) is 45.7 Å². The van der Waals surface area contributed by atoms with Gasteiger partial charge in [0, 0.05) is 31.1 Å². The number of carbonyl (C=O) groups excluding carboxylic acids is 1. The third-order valence-corrected chi connectivity index (χ3v) is 5.93. The number of benzene rings is 1. The molecule has 0 saturated heterocycles. The van der Waals surface area contributed by atoms with Gasteiger partial charge < -0.3 is 0 Å². The van der Waals surface area contributed by atoms with E-state index in [1.807, 2.05) is 37.3 Å². The molecule has 0 bridgehead atoms. The molecule has 5 heteroatoms. The van der Waals surface area contributed by atoms with Gasteiger partial charge in [0.15, 0.2) is 11.4 Å². The molecule has 0 radical (unpaired) electrons. The van der Waals surface area contributed by atoms with Crippen LogP contribution in [0.15, 0.2) is 35.1 Å². The molecule has 1 aliphatic carbocycles. The van der Waals surface area contributed by atoms with Gasteiger partial charge in [0.1, 0.15) is 0 Å². The summed E-state index contributed by atoms with van der Waals surface area (Å²) in [6, 6.07) is 9.81. The van der Waals surface area contributed by atoms with Crippen LogP contribution in [-0.2, 0) is 13.6 Å². The number of aromatic nitrogens is 3. The zero-order chi connectivity index (χ0) is 21.6. The van der Waals surface area contributed by atoms with Crippen LogP contribution in [0.4, 0.5) is 0 Å². The molecule has 3 aromatic rings. The summed E-state index contributed by atoms with van der Waals surface area (Å²) in [6.07, 6.45) is 4.15. The molecule has 0 amide bonds. The van der Waals surface area contributed by atoms with E-state index in [4.69, 9.17) is 4.98 Å². The summed E-state index contributed by atoms with van der Waals surface area (Å²) in [5.41, 5.74) is 5.01. The van der Waals surface area contributed by atoms with Gasteiger partial charge in [-0.25, -0.2) is 9.78 Å². The van der Waals surface area contributed by atoms with E-state index in [9.17, 15) is 9.59 Å². The molecule has 1 aliphatic rings. The van der Waals surface area contributed by atoms with Gasteiger partial charge in [-0.3, -0.25) is 13.9 Å². The van der Waals surface area contributed by atoms with Crippen molar-refractivity contribution >= 4 is 16.9 Å². The van der Waals surface area contributed by atoms with Crippen molar-refractivity contribution in [3.8, 4) is 11.3 Å². The highest BCUT2D eigenvalue weighted by Crippen LogP contribution is 2.34. The molecule has 2 heterocycles. The Balaban J connectivity index is 1.72. The van der Waals surface area contributed by atoms with Crippen LogP contribution in [0, 0.1) is 18.3 Å². The Morgan fingerprint density at radius 1 is 1.17 bits per heavy atom. The van der Waals surface area contributed by atoms with Gasteiger partial charge in [0.2, 0.25) is 0 Å². The number of hydrogen-bond donors (Lipinski definition) is 0. The zero-order valence-corrected chi connectivity index (χ0v) is 18.7. The summed E-state index contributed by atoms with van der Waals surface area (Å²) in [5, 5.41) is 0. The zero-order valence-electron chi connectivity index (χ0n) is 18.7. The van der Waals surface area contributed by atoms with Crippen LogP contribution in [0.1, 0.15) is 62.4 Å². The quantitative estimate of drug-likeness (QED) is 0.534. The van der Waals surface area contributed by atoms with Crippen molar-refractivity contribution in [1.29, 1.82) is 0 Å². The molecule has 1 aromatic carbocycles. The number of hydrogen-bond acceptors (Lipinski definition) is 3. The lowest BCUT2D eigenvalue weighted by Crippen LogP contribution is -2.27. The van der Waals surface area contributed by atoms with Crippen LogP contribution < -0.4 is 5.69 Å². The van der Waals surface area contributed by atoms with Crippen LogP contribution in [0.25, 0.3) is 22.4 Å². The molecule has 0 unspecified atom stereocenters. The molecular weight excluding hydrogens is 374 g/mol. The number of carbonyl (C=O) groups is 1. The van der Waals surface area contributed by atoms with Crippen molar-refractivity contribution in [3.05, 3.63) is 51.9 Å². The predicted molar refractivity (Wildman–Crippen MR) is 121 cm³/mol. The summed E-state index contributed by atoms with van der Waals surface area (Å²) in [5.74, 6) is 0.953. The lowest BCUT2D eigenvalue weighted by molar-refractivity contribution is 0.0978. The van der Waals surface area contributed by atoms with Crippen molar-refractivity contribution in [1.82, 2.24) is 14.1 Å². The Morgan fingerprint density at radius 2 is 1.90 bits per heavy atom. The van der Waals surface area contributed by atoms with Gasteiger partial charge in [0.05, 0.1) is 11.2 Å². The minimum absolute atomic E-state index is 0.0114. The van der Waals surface area contributed by atoms with Crippen molar-refractivity contribution in [2.45, 2.75) is 59.9 Å². The SMILES string of the molecule is Cc1ccc(C(=O)CCC2CC2)cc1-c1ccc2c(n1)n(C)c(=O)n2CC(C)(C)C. The van der Waals surface area contributed by atoms with Crippen molar-refractivity contribution in [2.75, 3.05) is 0 Å². The van der Waals surface area contributed by atoms with E-state index < -0.39 is 0 Å². The van der Waals surface area contributed by atoms with Gasteiger partial charge in [-0.15, -0.1) is 0 Å². The van der Waals surface area contributed by atoms with E-state index in [1.165, 1.54) is 12.8 Å². The predicted octanol–water partition coefficient (Wildman–Crippen LogP) is 5.13. The van der Waals surface area contributed by atoms with E-state index in [-0.39, 0.29) is 16.9 Å². The van der Waals surface area contributed by atoms with E-state index in [0.717, 1.165) is 40.2 Å². The molecule has 30 heavy (non-hydrogen) atoms. The number of Topliss-reactive ketones (excluding diaryl/α,β-unsaturated/α-hetero) is 1. The van der Waals surface area contributed by atoms with Crippen LogP contribution in [0.3, 0.4) is 0 Å². The van der Waals surface area contributed by atoms with Gasteiger partial charge in [-0.2, -0.15) is 0 Å². The second kappa shape index (κ2) is 7.53. The number of pyridine rings is 1. The van der Waals surface area contributed by atoms with E-state index in [1.54, 1.807) is 16.2 Å². The summed E-state index contributed by atoms with van der Waals surface area (Å²) >= 11 is 0. The summed E-state index contributed by atoms with van der Waals surface area (Å²) < 4.78 is 3.42. The average molecular weight is 406 g/mol. The Bertz CT molecular complexity index is 1170. The monoisotopic (exact) mass is 405 g/mol. The highest BCUT2D eigenvalue weighted by Gasteiger charge is 2.23. The minimum Gasteiger partial charge on any atom is -0.294 e. The first-order chi connectivity index (χ1) is 14.1. The molecular formula is C25H31N3O2. The highest BCUT2D eigenvalue weighted by atomic mass is 16.1. The topological polar surface area (TPSA) is 56.9 Å². The van der Waals surface area contributed by atoms with Gasteiger partial charge in [-0.05, 0) is 48.4 Å². The highest BCUT2D eigenvalue weighted by molar-refractivity contribution is 5.97.